The zero-order valence-corrected chi connectivity index (χ0v) is 7.78. The first-order chi connectivity index (χ1) is 6.70. The van der Waals surface area contributed by atoms with Crippen LogP contribution in [0.25, 0.3) is 11.1 Å². The summed E-state index contributed by atoms with van der Waals surface area (Å²) >= 11 is 5.62. The monoisotopic (exact) mass is 211 g/mol. The van der Waals surface area contributed by atoms with Crippen molar-refractivity contribution in [2.24, 2.45) is 0 Å². The second kappa shape index (κ2) is 3.31. The van der Waals surface area contributed by atoms with Crippen molar-refractivity contribution in [2.45, 2.75) is 5.88 Å². The number of carboxylic acid groups (broad SMARTS) is 1. The Balaban J connectivity index is 2.60. The van der Waals surface area contributed by atoms with Gasteiger partial charge in [0.2, 0.25) is 0 Å². The molecular weight excluding hydrogens is 206 g/mol. The SMILES string of the molecule is O=C(O)c1nc2cc(CCl)ccc2o1. The van der Waals surface area contributed by atoms with E-state index in [0.29, 0.717) is 17.0 Å². The molecule has 0 amide bonds. The van der Waals surface area contributed by atoms with E-state index in [-0.39, 0.29) is 5.89 Å². The molecule has 14 heavy (non-hydrogen) atoms. The smallest absolute Gasteiger partial charge is 0.392 e. The lowest BCUT2D eigenvalue weighted by molar-refractivity contribution is 0.0656. The van der Waals surface area contributed by atoms with Crippen LogP contribution in [0.2, 0.25) is 0 Å². The van der Waals surface area contributed by atoms with Crippen LogP contribution >= 0.6 is 11.6 Å². The Bertz CT molecular complexity index is 492. The van der Waals surface area contributed by atoms with E-state index in [1.54, 1.807) is 18.2 Å². The first-order valence-corrected chi connectivity index (χ1v) is 4.43. The Morgan fingerprint density at radius 1 is 1.57 bits per heavy atom. The highest BCUT2D eigenvalue weighted by Crippen LogP contribution is 2.18. The van der Waals surface area contributed by atoms with Crippen LogP contribution in [0.4, 0.5) is 0 Å². The molecule has 0 unspecified atom stereocenters. The number of carbonyl (C=O) groups is 1. The van der Waals surface area contributed by atoms with E-state index < -0.39 is 5.97 Å². The van der Waals surface area contributed by atoms with Crippen LogP contribution in [0, 0.1) is 0 Å². The van der Waals surface area contributed by atoms with Gasteiger partial charge in [-0.15, -0.1) is 11.6 Å². The summed E-state index contributed by atoms with van der Waals surface area (Å²) in [5, 5.41) is 8.63. The first-order valence-electron chi connectivity index (χ1n) is 3.89. The molecule has 0 bridgehead atoms. The Kier molecular flexibility index (Phi) is 2.13. The van der Waals surface area contributed by atoms with Gasteiger partial charge in [-0.2, -0.15) is 0 Å². The Morgan fingerprint density at radius 3 is 3.00 bits per heavy atom. The van der Waals surface area contributed by atoms with Gasteiger partial charge in [0.15, 0.2) is 5.58 Å². The summed E-state index contributed by atoms with van der Waals surface area (Å²) < 4.78 is 4.98. The lowest BCUT2D eigenvalue weighted by Gasteiger charge is -1.91. The number of aromatic carboxylic acids is 1. The molecule has 1 heterocycles. The second-order valence-corrected chi connectivity index (χ2v) is 3.03. The summed E-state index contributed by atoms with van der Waals surface area (Å²) in [7, 11) is 0. The molecule has 0 spiro atoms. The van der Waals surface area contributed by atoms with Gasteiger partial charge in [-0.1, -0.05) is 6.07 Å². The average molecular weight is 212 g/mol. The molecule has 1 N–H and O–H groups in total. The second-order valence-electron chi connectivity index (χ2n) is 2.76. The Labute approximate surface area is 84.1 Å². The van der Waals surface area contributed by atoms with E-state index in [1.165, 1.54) is 0 Å². The summed E-state index contributed by atoms with van der Waals surface area (Å²) in [6.45, 7) is 0. The Hall–Kier alpha value is -1.55. The number of hydrogen-bond donors (Lipinski definition) is 1. The molecule has 0 fully saturated rings. The fraction of sp³-hybridized carbons (Fsp3) is 0.111. The van der Waals surface area contributed by atoms with Crippen molar-refractivity contribution in [1.29, 1.82) is 0 Å². The van der Waals surface area contributed by atoms with Crippen LogP contribution in [-0.2, 0) is 5.88 Å². The number of oxazole rings is 1. The zero-order chi connectivity index (χ0) is 10.1. The maximum absolute atomic E-state index is 10.5. The number of halogens is 1. The third kappa shape index (κ3) is 1.44. The predicted octanol–water partition coefficient (Wildman–Crippen LogP) is 2.26. The standard InChI is InChI=1S/C9H6ClNO3/c10-4-5-1-2-7-6(3-5)11-8(14-7)9(12)13/h1-3H,4H2,(H,12,13). The maximum Gasteiger partial charge on any atom is 0.392 e. The molecule has 2 rings (SSSR count). The van der Waals surface area contributed by atoms with Crippen molar-refractivity contribution < 1.29 is 14.3 Å². The third-order valence-corrected chi connectivity index (χ3v) is 2.10. The van der Waals surface area contributed by atoms with E-state index in [4.69, 9.17) is 21.1 Å². The number of benzene rings is 1. The highest BCUT2D eigenvalue weighted by atomic mass is 35.5. The van der Waals surface area contributed by atoms with Crippen molar-refractivity contribution in [3.8, 4) is 0 Å². The summed E-state index contributed by atoms with van der Waals surface area (Å²) in [5.74, 6) is -1.11. The molecule has 0 saturated heterocycles. The molecule has 1 aromatic carbocycles. The molecule has 4 nitrogen and oxygen atoms in total. The molecular formula is C9H6ClNO3. The third-order valence-electron chi connectivity index (χ3n) is 1.79. The minimum absolute atomic E-state index is 0.299. The topological polar surface area (TPSA) is 63.3 Å². The average Bonchev–Trinajstić information content (AvgIpc) is 2.59. The van der Waals surface area contributed by atoms with Gasteiger partial charge in [0.25, 0.3) is 0 Å². The number of nitrogens with zero attached hydrogens (tertiary/aromatic N) is 1. The molecule has 2 aromatic rings. The number of alkyl halides is 1. The van der Waals surface area contributed by atoms with Gasteiger partial charge in [-0.25, -0.2) is 9.78 Å². The van der Waals surface area contributed by atoms with Crippen molar-refractivity contribution >= 4 is 28.7 Å². The van der Waals surface area contributed by atoms with Crippen LogP contribution in [0.3, 0.4) is 0 Å². The lowest BCUT2D eigenvalue weighted by atomic mass is 10.2. The number of carboxylic acids is 1. The van der Waals surface area contributed by atoms with Gasteiger partial charge in [-0.05, 0) is 17.7 Å². The molecule has 0 aliphatic heterocycles. The van der Waals surface area contributed by atoms with E-state index in [9.17, 15) is 4.79 Å². The van der Waals surface area contributed by atoms with Gasteiger partial charge in [0.05, 0.1) is 0 Å². The quantitative estimate of drug-likeness (QED) is 0.774. The van der Waals surface area contributed by atoms with Crippen molar-refractivity contribution in [3.05, 3.63) is 29.7 Å². The summed E-state index contributed by atoms with van der Waals surface area (Å²) in [6.07, 6.45) is 0. The number of rotatable bonds is 2. The lowest BCUT2D eigenvalue weighted by Crippen LogP contribution is -1.94. The minimum Gasteiger partial charge on any atom is -0.474 e. The number of aromatic nitrogens is 1. The van der Waals surface area contributed by atoms with Crippen molar-refractivity contribution in [2.75, 3.05) is 0 Å². The van der Waals surface area contributed by atoms with Crippen molar-refractivity contribution in [3.63, 3.8) is 0 Å². The molecule has 0 aliphatic rings. The van der Waals surface area contributed by atoms with Crippen LogP contribution in [-0.4, -0.2) is 16.1 Å². The fourth-order valence-electron chi connectivity index (χ4n) is 1.15. The van der Waals surface area contributed by atoms with Crippen LogP contribution in [0.5, 0.6) is 0 Å². The molecule has 5 heteroatoms. The molecule has 0 saturated carbocycles. The van der Waals surface area contributed by atoms with E-state index in [2.05, 4.69) is 4.98 Å². The van der Waals surface area contributed by atoms with Crippen molar-refractivity contribution in [1.82, 2.24) is 4.98 Å². The highest BCUT2D eigenvalue weighted by molar-refractivity contribution is 6.17. The van der Waals surface area contributed by atoms with Crippen LogP contribution in [0.1, 0.15) is 16.2 Å². The number of fused-ring (bicyclic) bond motifs is 1. The van der Waals surface area contributed by atoms with E-state index in [0.717, 1.165) is 5.56 Å². The van der Waals surface area contributed by atoms with Crippen LogP contribution in [0.15, 0.2) is 22.6 Å². The minimum atomic E-state index is -1.17. The van der Waals surface area contributed by atoms with Gasteiger partial charge < -0.3 is 9.52 Å². The van der Waals surface area contributed by atoms with Gasteiger partial charge in [-0.3, -0.25) is 0 Å². The number of hydrogen-bond acceptors (Lipinski definition) is 3. The molecule has 1 aromatic heterocycles. The van der Waals surface area contributed by atoms with E-state index in [1.807, 2.05) is 0 Å². The molecule has 0 atom stereocenters. The molecule has 72 valence electrons. The van der Waals surface area contributed by atoms with Crippen LogP contribution < -0.4 is 0 Å². The molecule has 0 aliphatic carbocycles. The van der Waals surface area contributed by atoms with E-state index >= 15 is 0 Å². The zero-order valence-electron chi connectivity index (χ0n) is 7.03. The largest absolute Gasteiger partial charge is 0.474 e. The summed E-state index contributed by atoms with van der Waals surface area (Å²) in [6, 6.07) is 5.14. The highest BCUT2D eigenvalue weighted by Gasteiger charge is 2.12. The maximum atomic E-state index is 10.5. The fourth-order valence-corrected chi connectivity index (χ4v) is 1.31. The normalized spacial score (nSPS) is 10.6. The van der Waals surface area contributed by atoms with Gasteiger partial charge in [0, 0.05) is 5.88 Å². The van der Waals surface area contributed by atoms with Gasteiger partial charge >= 0.3 is 11.9 Å². The summed E-state index contributed by atoms with van der Waals surface area (Å²) in [4.78, 5) is 14.3. The first kappa shape index (κ1) is 9.02. The molecule has 0 radical (unpaired) electrons. The summed E-state index contributed by atoms with van der Waals surface area (Å²) in [5.41, 5.74) is 1.85. The Morgan fingerprint density at radius 2 is 2.36 bits per heavy atom. The predicted molar refractivity (Wildman–Crippen MR) is 50.5 cm³/mol. The van der Waals surface area contributed by atoms with Gasteiger partial charge in [0.1, 0.15) is 5.52 Å².